The quantitative estimate of drug-likeness (QED) is 0.807. The lowest BCUT2D eigenvalue weighted by Crippen LogP contribution is -2.29. The zero-order chi connectivity index (χ0) is 14.9. The normalized spacial score (nSPS) is 13.8. The predicted octanol–water partition coefficient (Wildman–Crippen LogP) is 2.45. The molecule has 4 rings (SSSR count). The number of rotatable bonds is 3. The molecular weight excluding hydrogens is 296 g/mol. The first-order chi connectivity index (χ1) is 10.8. The third-order valence-corrected chi connectivity index (χ3v) is 4.93. The minimum Gasteiger partial charge on any atom is -0.370 e. The fourth-order valence-corrected chi connectivity index (χ4v) is 3.71. The van der Waals surface area contributed by atoms with Crippen molar-refractivity contribution in [3.8, 4) is 0 Å². The highest BCUT2D eigenvalue weighted by atomic mass is 32.1. The maximum atomic E-state index is 12.5. The van der Waals surface area contributed by atoms with Gasteiger partial charge in [-0.2, -0.15) is 4.37 Å². The third-order valence-electron chi connectivity index (χ3n) is 4.07. The number of nitrogens with one attached hydrogen (secondary N) is 1. The van der Waals surface area contributed by atoms with Gasteiger partial charge in [-0.3, -0.25) is 9.36 Å². The topological polar surface area (TPSA) is 59.8 Å². The van der Waals surface area contributed by atoms with Crippen LogP contribution in [0.1, 0.15) is 17.7 Å². The molecule has 22 heavy (non-hydrogen) atoms. The standard InChI is InChI=1S/C16H16N4OS/c21-16-12-5-3-8-17-15(12)18-10-20(16)9-7-13-11-4-1-2-6-14(11)22-19-13/h1-2,4,6,10,17H,3,5,7-9H2. The molecule has 0 amide bonds. The molecule has 2 aromatic heterocycles. The maximum absolute atomic E-state index is 12.5. The van der Waals surface area contributed by atoms with Crippen LogP contribution in [-0.2, 0) is 19.4 Å². The van der Waals surface area contributed by atoms with Crippen LogP contribution in [0.3, 0.4) is 0 Å². The van der Waals surface area contributed by atoms with Crippen LogP contribution in [0.2, 0.25) is 0 Å². The Morgan fingerprint density at radius 1 is 1.32 bits per heavy atom. The molecule has 0 saturated heterocycles. The van der Waals surface area contributed by atoms with E-state index in [0.29, 0.717) is 6.54 Å². The SMILES string of the molecule is O=c1c2c(ncn1CCc1nsc3ccccc13)NCCC2. The van der Waals surface area contributed by atoms with Crippen molar-refractivity contribution in [2.45, 2.75) is 25.8 Å². The molecule has 0 unspecified atom stereocenters. The van der Waals surface area contributed by atoms with Crippen molar-refractivity contribution >= 4 is 27.4 Å². The summed E-state index contributed by atoms with van der Waals surface area (Å²) < 4.78 is 7.42. The average Bonchev–Trinajstić information content (AvgIpc) is 2.98. The molecule has 6 heteroatoms. The van der Waals surface area contributed by atoms with Crippen LogP contribution in [0.5, 0.6) is 0 Å². The van der Waals surface area contributed by atoms with Gasteiger partial charge >= 0.3 is 0 Å². The Morgan fingerprint density at radius 2 is 2.23 bits per heavy atom. The molecule has 1 N–H and O–H groups in total. The number of aryl methyl sites for hydroxylation is 2. The van der Waals surface area contributed by atoms with E-state index in [9.17, 15) is 4.79 Å². The summed E-state index contributed by atoms with van der Waals surface area (Å²) in [7, 11) is 0. The smallest absolute Gasteiger partial charge is 0.258 e. The van der Waals surface area contributed by atoms with Gasteiger partial charge in [0, 0.05) is 24.9 Å². The summed E-state index contributed by atoms with van der Waals surface area (Å²) >= 11 is 1.51. The van der Waals surface area contributed by atoms with E-state index in [1.54, 1.807) is 10.9 Å². The predicted molar refractivity (Wildman–Crippen MR) is 88.6 cm³/mol. The highest BCUT2D eigenvalue weighted by molar-refractivity contribution is 7.13. The van der Waals surface area contributed by atoms with E-state index >= 15 is 0 Å². The van der Waals surface area contributed by atoms with Gasteiger partial charge in [-0.05, 0) is 30.4 Å². The second-order valence-electron chi connectivity index (χ2n) is 5.48. The Kier molecular flexibility index (Phi) is 3.38. The third kappa shape index (κ3) is 2.29. The summed E-state index contributed by atoms with van der Waals surface area (Å²) in [6.45, 7) is 1.51. The van der Waals surface area contributed by atoms with Crippen LogP contribution >= 0.6 is 11.5 Å². The van der Waals surface area contributed by atoms with Crippen LogP contribution in [0.25, 0.3) is 10.1 Å². The Labute approximate surface area is 131 Å². The summed E-state index contributed by atoms with van der Waals surface area (Å²) in [5.41, 5.74) is 1.96. The number of aromatic nitrogens is 3. The van der Waals surface area contributed by atoms with E-state index in [1.807, 2.05) is 12.1 Å². The van der Waals surface area contributed by atoms with Crippen molar-refractivity contribution in [3.05, 3.63) is 52.2 Å². The van der Waals surface area contributed by atoms with Crippen molar-refractivity contribution in [1.82, 2.24) is 13.9 Å². The first kappa shape index (κ1) is 13.5. The first-order valence-electron chi connectivity index (χ1n) is 7.48. The Morgan fingerprint density at radius 3 is 3.18 bits per heavy atom. The van der Waals surface area contributed by atoms with Crippen molar-refractivity contribution in [1.29, 1.82) is 0 Å². The van der Waals surface area contributed by atoms with E-state index in [1.165, 1.54) is 21.6 Å². The van der Waals surface area contributed by atoms with E-state index in [2.05, 4.69) is 26.8 Å². The van der Waals surface area contributed by atoms with Gasteiger partial charge in [0.05, 0.1) is 22.3 Å². The summed E-state index contributed by atoms with van der Waals surface area (Å²) in [6, 6.07) is 8.22. The fourth-order valence-electron chi connectivity index (χ4n) is 2.89. The van der Waals surface area contributed by atoms with Gasteiger partial charge in [-0.1, -0.05) is 18.2 Å². The van der Waals surface area contributed by atoms with Crippen molar-refractivity contribution in [2.75, 3.05) is 11.9 Å². The number of fused-ring (bicyclic) bond motifs is 2. The molecule has 0 aliphatic carbocycles. The summed E-state index contributed by atoms with van der Waals surface area (Å²) in [5, 5.41) is 4.38. The second kappa shape index (κ2) is 5.53. The molecule has 0 atom stereocenters. The molecule has 1 aliphatic rings. The summed E-state index contributed by atoms with van der Waals surface area (Å²) in [5.74, 6) is 0.756. The van der Waals surface area contributed by atoms with Crippen LogP contribution in [0.15, 0.2) is 35.4 Å². The number of benzene rings is 1. The van der Waals surface area contributed by atoms with Gasteiger partial charge in [-0.25, -0.2) is 4.98 Å². The first-order valence-corrected chi connectivity index (χ1v) is 8.26. The van der Waals surface area contributed by atoms with E-state index < -0.39 is 0 Å². The molecule has 3 heterocycles. The molecule has 3 aromatic rings. The molecule has 5 nitrogen and oxygen atoms in total. The van der Waals surface area contributed by atoms with E-state index in [0.717, 1.165) is 42.9 Å². The highest BCUT2D eigenvalue weighted by Crippen LogP contribution is 2.22. The number of hydrogen-bond donors (Lipinski definition) is 1. The van der Waals surface area contributed by atoms with Crippen LogP contribution in [0.4, 0.5) is 5.82 Å². The van der Waals surface area contributed by atoms with Crippen molar-refractivity contribution in [3.63, 3.8) is 0 Å². The molecule has 1 aliphatic heterocycles. The second-order valence-corrected chi connectivity index (χ2v) is 6.28. The van der Waals surface area contributed by atoms with Crippen LogP contribution in [-0.4, -0.2) is 20.5 Å². The lowest BCUT2D eigenvalue weighted by atomic mass is 10.1. The largest absolute Gasteiger partial charge is 0.370 e. The molecule has 0 spiro atoms. The van der Waals surface area contributed by atoms with Gasteiger partial charge in [0.2, 0.25) is 0 Å². The van der Waals surface area contributed by atoms with Gasteiger partial charge in [0.25, 0.3) is 5.56 Å². The van der Waals surface area contributed by atoms with Gasteiger partial charge in [0.1, 0.15) is 5.82 Å². The van der Waals surface area contributed by atoms with E-state index in [-0.39, 0.29) is 5.56 Å². The molecule has 1 aromatic carbocycles. The molecule has 0 radical (unpaired) electrons. The molecule has 112 valence electrons. The minimum atomic E-state index is 0.0803. The molecule has 0 saturated carbocycles. The summed E-state index contributed by atoms with van der Waals surface area (Å²) in [6.07, 6.45) is 4.20. The lowest BCUT2D eigenvalue weighted by molar-refractivity contribution is 0.635. The Bertz CT molecular complexity index is 883. The Balaban J connectivity index is 1.61. The van der Waals surface area contributed by atoms with Gasteiger partial charge < -0.3 is 5.32 Å². The average molecular weight is 312 g/mol. The molecular formula is C16H16N4OS. The van der Waals surface area contributed by atoms with Gasteiger partial charge in [0.15, 0.2) is 0 Å². The van der Waals surface area contributed by atoms with Crippen LogP contribution < -0.4 is 10.9 Å². The molecule has 0 fully saturated rings. The van der Waals surface area contributed by atoms with Crippen molar-refractivity contribution in [2.24, 2.45) is 0 Å². The monoisotopic (exact) mass is 312 g/mol. The summed E-state index contributed by atoms with van der Waals surface area (Å²) in [4.78, 5) is 16.9. The maximum Gasteiger partial charge on any atom is 0.258 e. The minimum absolute atomic E-state index is 0.0803. The highest BCUT2D eigenvalue weighted by Gasteiger charge is 2.15. The number of anilines is 1. The van der Waals surface area contributed by atoms with E-state index in [4.69, 9.17) is 0 Å². The number of nitrogens with zero attached hydrogens (tertiary/aromatic N) is 3. The zero-order valence-corrected chi connectivity index (χ0v) is 12.9. The molecule has 0 bridgehead atoms. The number of hydrogen-bond acceptors (Lipinski definition) is 5. The van der Waals surface area contributed by atoms with Crippen molar-refractivity contribution < 1.29 is 0 Å². The fraction of sp³-hybridized carbons (Fsp3) is 0.312. The Hall–Kier alpha value is -2.21. The zero-order valence-electron chi connectivity index (χ0n) is 12.1. The van der Waals surface area contributed by atoms with Crippen LogP contribution in [0, 0.1) is 0 Å². The van der Waals surface area contributed by atoms with Gasteiger partial charge in [-0.15, -0.1) is 0 Å². The lowest BCUT2D eigenvalue weighted by Gasteiger charge is -2.17.